The Bertz CT molecular complexity index is 2470. The fourth-order valence-electron chi connectivity index (χ4n) is 8.41. The van der Waals surface area contributed by atoms with Gasteiger partial charge >= 0.3 is 0 Å². The predicted octanol–water partition coefficient (Wildman–Crippen LogP) is 11.3. The van der Waals surface area contributed by atoms with Crippen LogP contribution in [0.1, 0.15) is 41.5 Å². The van der Waals surface area contributed by atoms with Gasteiger partial charge in [-0.15, -0.1) is 0 Å². The van der Waals surface area contributed by atoms with Crippen LogP contribution in [0.5, 0.6) is 0 Å². The lowest BCUT2D eigenvalue weighted by Crippen LogP contribution is -2.32. The molecule has 5 aromatic carbocycles. The van der Waals surface area contributed by atoms with E-state index in [9.17, 15) is 0 Å². The summed E-state index contributed by atoms with van der Waals surface area (Å²) in [6.07, 6.45) is 19.1. The molecule has 0 amide bonds. The number of aromatic nitrogens is 1. The minimum absolute atomic E-state index is 0.294. The quantitative estimate of drug-likeness (QED) is 0.193. The number of allylic oxidation sites excluding steroid dienone is 6. The van der Waals surface area contributed by atoms with Gasteiger partial charge in [-0.2, -0.15) is 0 Å². The highest BCUT2D eigenvalue weighted by Gasteiger charge is 2.37. The van der Waals surface area contributed by atoms with Crippen molar-refractivity contribution in [1.29, 1.82) is 0 Å². The van der Waals surface area contributed by atoms with Crippen LogP contribution < -0.4 is 9.96 Å². The van der Waals surface area contributed by atoms with Gasteiger partial charge in [0.25, 0.3) is 0 Å². The summed E-state index contributed by atoms with van der Waals surface area (Å²) in [5, 5.41) is 4.42. The number of hydrogen-bond donors (Lipinski definition) is 0. The molecule has 6 aromatic rings. The highest BCUT2D eigenvalue weighted by molar-refractivity contribution is 6.12. The predicted molar refractivity (Wildman–Crippen MR) is 205 cm³/mol. The van der Waals surface area contributed by atoms with E-state index in [1.165, 1.54) is 55.5 Å². The molecular weight excluding hydrogens is 599 g/mol. The van der Waals surface area contributed by atoms with Crippen molar-refractivity contribution < 1.29 is 4.84 Å². The third kappa shape index (κ3) is 4.34. The molecule has 10 rings (SSSR count). The Morgan fingerprint density at radius 2 is 1.49 bits per heavy atom. The molecule has 4 heteroatoms. The molecule has 0 radical (unpaired) electrons. The minimum Gasteiger partial charge on any atom is -0.337 e. The van der Waals surface area contributed by atoms with Crippen LogP contribution in [0.4, 0.5) is 17.1 Å². The third-order valence-electron chi connectivity index (χ3n) is 10.6. The number of benzene rings is 5. The number of fused-ring (bicyclic) bond motifs is 8. The summed E-state index contributed by atoms with van der Waals surface area (Å²) in [6.45, 7) is 0. The summed E-state index contributed by atoms with van der Waals surface area (Å²) in [5.41, 5.74) is 16.0. The molecular formula is C45H35N3O. The highest BCUT2D eigenvalue weighted by Crippen LogP contribution is 2.49. The lowest BCUT2D eigenvalue weighted by atomic mass is 9.87. The van der Waals surface area contributed by atoms with Crippen molar-refractivity contribution in [1.82, 2.24) is 4.57 Å². The van der Waals surface area contributed by atoms with E-state index in [0.717, 1.165) is 47.5 Å². The van der Waals surface area contributed by atoms with Gasteiger partial charge in [-0.1, -0.05) is 97.1 Å². The first-order valence-electron chi connectivity index (χ1n) is 17.2. The fraction of sp³-hybridized carbons (Fsp3) is 0.111. The van der Waals surface area contributed by atoms with Gasteiger partial charge in [0.2, 0.25) is 0 Å². The Balaban J connectivity index is 1.06. The monoisotopic (exact) mass is 633 g/mol. The molecule has 3 heterocycles. The average molecular weight is 634 g/mol. The standard InChI is InChI=1S/C45H35N3O/c1-49-48-40-25-23-30(31-22-24-38-36-16-8-10-18-41(36)46(44(38)27-31)34-12-4-2-5-13-34)26-32(40)20-21-33-28-45-39(29-43(33)48)37-17-9-11-19-42(37)47(45)35-14-6-3-7-15-35/h2-4,6-12,14-26,28-29,44H,5,13,27H2,1H3. The van der Waals surface area contributed by atoms with Gasteiger partial charge in [-0.25, -0.2) is 5.06 Å². The van der Waals surface area contributed by atoms with Gasteiger partial charge in [0.05, 0.1) is 35.6 Å². The van der Waals surface area contributed by atoms with Crippen LogP contribution in [0.15, 0.2) is 145 Å². The Morgan fingerprint density at radius 3 is 2.35 bits per heavy atom. The second kappa shape index (κ2) is 11.1. The van der Waals surface area contributed by atoms with E-state index < -0.39 is 0 Å². The van der Waals surface area contributed by atoms with E-state index in [4.69, 9.17) is 4.84 Å². The molecule has 0 spiro atoms. The maximum Gasteiger partial charge on any atom is 0.0775 e. The van der Waals surface area contributed by atoms with Gasteiger partial charge in [0.1, 0.15) is 0 Å². The lowest BCUT2D eigenvalue weighted by molar-refractivity contribution is 0.201. The van der Waals surface area contributed by atoms with Gasteiger partial charge in [0.15, 0.2) is 0 Å². The molecule has 4 aliphatic rings. The molecule has 0 saturated heterocycles. The van der Waals surface area contributed by atoms with Crippen LogP contribution in [0.3, 0.4) is 0 Å². The molecule has 1 unspecified atom stereocenters. The number of para-hydroxylation sites is 3. The average Bonchev–Trinajstić information content (AvgIpc) is 3.61. The zero-order valence-electron chi connectivity index (χ0n) is 27.4. The van der Waals surface area contributed by atoms with Crippen molar-refractivity contribution in [3.63, 3.8) is 0 Å². The van der Waals surface area contributed by atoms with Gasteiger partial charge < -0.3 is 9.47 Å². The Morgan fingerprint density at radius 1 is 0.673 bits per heavy atom. The first-order chi connectivity index (χ1) is 24.3. The van der Waals surface area contributed by atoms with E-state index in [-0.39, 0.29) is 0 Å². The van der Waals surface area contributed by atoms with Crippen LogP contribution in [-0.4, -0.2) is 17.7 Å². The Hall–Kier alpha value is -5.84. The van der Waals surface area contributed by atoms with E-state index in [1.807, 2.05) is 5.06 Å². The summed E-state index contributed by atoms with van der Waals surface area (Å²) in [7, 11) is 1.77. The van der Waals surface area contributed by atoms with Gasteiger partial charge in [-0.05, 0) is 90.6 Å². The molecule has 4 nitrogen and oxygen atoms in total. The fourth-order valence-corrected chi connectivity index (χ4v) is 8.41. The van der Waals surface area contributed by atoms with Crippen LogP contribution in [0.25, 0.3) is 50.8 Å². The lowest BCUT2D eigenvalue weighted by Gasteiger charge is -2.33. The van der Waals surface area contributed by atoms with E-state index >= 15 is 0 Å². The largest absolute Gasteiger partial charge is 0.337 e. The van der Waals surface area contributed by atoms with Gasteiger partial charge in [0, 0.05) is 44.5 Å². The third-order valence-corrected chi connectivity index (χ3v) is 10.6. The maximum absolute atomic E-state index is 6.18. The molecule has 1 atom stereocenters. The van der Waals surface area contributed by atoms with Gasteiger partial charge in [-0.3, -0.25) is 4.84 Å². The zero-order valence-corrected chi connectivity index (χ0v) is 27.4. The molecule has 0 bridgehead atoms. The van der Waals surface area contributed by atoms with Crippen molar-refractivity contribution in [2.24, 2.45) is 0 Å². The highest BCUT2D eigenvalue weighted by atomic mass is 16.7. The van der Waals surface area contributed by atoms with E-state index in [0.29, 0.717) is 6.04 Å². The number of rotatable bonds is 4. The smallest absolute Gasteiger partial charge is 0.0775 e. The Kier molecular flexibility index (Phi) is 6.40. The summed E-state index contributed by atoms with van der Waals surface area (Å²) in [5.74, 6) is 0. The molecule has 49 heavy (non-hydrogen) atoms. The summed E-state index contributed by atoms with van der Waals surface area (Å²) < 4.78 is 2.37. The zero-order chi connectivity index (χ0) is 32.5. The van der Waals surface area contributed by atoms with Crippen LogP contribution in [0.2, 0.25) is 0 Å². The molecule has 2 aliphatic heterocycles. The molecule has 0 saturated carbocycles. The van der Waals surface area contributed by atoms with Crippen molar-refractivity contribution in [2.75, 3.05) is 17.1 Å². The number of anilines is 3. The van der Waals surface area contributed by atoms with Crippen LogP contribution in [-0.2, 0) is 4.84 Å². The van der Waals surface area contributed by atoms with E-state index in [1.54, 1.807) is 7.11 Å². The molecule has 2 aliphatic carbocycles. The van der Waals surface area contributed by atoms with Crippen molar-refractivity contribution >= 4 is 62.2 Å². The van der Waals surface area contributed by atoms with Crippen molar-refractivity contribution in [3.8, 4) is 5.69 Å². The topological polar surface area (TPSA) is 20.6 Å². The Labute approximate surface area is 286 Å². The SMILES string of the molecule is CON1c2ccc(C3=CC=C4c5ccccc5N(C5=CC=CCC5)C4C3)cc2C=Cc2cc3c(cc21)c1ccccc1n3-c1ccccc1. The first kappa shape index (κ1) is 28.2. The van der Waals surface area contributed by atoms with Crippen molar-refractivity contribution in [2.45, 2.75) is 25.3 Å². The summed E-state index contributed by atoms with van der Waals surface area (Å²) in [4.78, 5) is 8.78. The number of hydrogen-bond acceptors (Lipinski definition) is 3. The molecule has 0 N–H and O–H groups in total. The minimum atomic E-state index is 0.294. The summed E-state index contributed by atoms with van der Waals surface area (Å²) >= 11 is 0. The normalized spacial score (nSPS) is 17.7. The van der Waals surface area contributed by atoms with Crippen LogP contribution >= 0.6 is 0 Å². The maximum atomic E-state index is 6.18. The van der Waals surface area contributed by atoms with E-state index in [2.05, 4.69) is 161 Å². The van der Waals surface area contributed by atoms with Crippen LogP contribution in [0, 0.1) is 0 Å². The number of nitrogens with zero attached hydrogens (tertiary/aromatic N) is 3. The molecule has 236 valence electrons. The second-order valence-electron chi connectivity index (χ2n) is 13.2. The van der Waals surface area contributed by atoms with Crippen molar-refractivity contribution in [3.05, 3.63) is 168 Å². The molecule has 0 fully saturated rings. The molecule has 1 aromatic heterocycles. The second-order valence-corrected chi connectivity index (χ2v) is 13.2. The summed E-state index contributed by atoms with van der Waals surface area (Å²) in [6, 6.07) is 39.9. The first-order valence-corrected chi connectivity index (χ1v) is 17.2.